The zero-order chi connectivity index (χ0) is 13.5. The number of carbonyl (C=O) groups excluding carboxylic acids is 2. The molecule has 92 valence electrons. The summed E-state index contributed by atoms with van der Waals surface area (Å²) in [5, 5.41) is 8.75. The van der Waals surface area contributed by atoms with Gasteiger partial charge in [-0.25, -0.2) is 4.90 Å². The van der Waals surface area contributed by atoms with Crippen LogP contribution in [0.5, 0.6) is 0 Å². The maximum Gasteiger partial charge on any atom is 0.240 e. The predicted molar refractivity (Wildman–Crippen MR) is 66.5 cm³/mol. The molecule has 2 amide bonds. The third-order valence-electron chi connectivity index (χ3n) is 3.02. The first-order chi connectivity index (χ1) is 8.36. The lowest BCUT2D eigenvalue weighted by atomic mass is 9.92. The van der Waals surface area contributed by atoms with Crippen molar-refractivity contribution in [3.05, 3.63) is 23.8 Å². The number of amides is 2. The summed E-state index contributed by atoms with van der Waals surface area (Å²) in [4.78, 5) is 25.1. The van der Waals surface area contributed by atoms with Crippen LogP contribution in [0, 0.1) is 16.7 Å². The number of hydrogen-bond acceptors (Lipinski definition) is 4. The van der Waals surface area contributed by atoms with E-state index in [0.717, 1.165) is 4.90 Å². The van der Waals surface area contributed by atoms with Crippen LogP contribution in [-0.2, 0) is 9.59 Å². The lowest BCUT2D eigenvalue weighted by molar-refractivity contribution is -0.124. The molecule has 1 saturated heterocycles. The van der Waals surface area contributed by atoms with Crippen molar-refractivity contribution in [3.8, 4) is 6.07 Å². The van der Waals surface area contributed by atoms with Crippen molar-refractivity contribution < 1.29 is 9.59 Å². The molecule has 0 aliphatic carbocycles. The Kier molecular flexibility index (Phi) is 2.59. The molecule has 0 atom stereocenters. The Hall–Kier alpha value is -2.35. The monoisotopic (exact) mass is 243 g/mol. The number of hydrogen-bond donors (Lipinski definition) is 1. The average molecular weight is 243 g/mol. The summed E-state index contributed by atoms with van der Waals surface area (Å²) in [6.07, 6.45) is 0.172. The number of nitrogens with zero attached hydrogens (tertiary/aromatic N) is 2. The van der Waals surface area contributed by atoms with Crippen LogP contribution in [0.25, 0.3) is 0 Å². The topological polar surface area (TPSA) is 87.2 Å². The minimum Gasteiger partial charge on any atom is -0.397 e. The van der Waals surface area contributed by atoms with Crippen molar-refractivity contribution in [2.45, 2.75) is 20.3 Å². The number of nitrogens with two attached hydrogens (primary N) is 1. The van der Waals surface area contributed by atoms with Crippen LogP contribution in [0.3, 0.4) is 0 Å². The zero-order valence-electron chi connectivity index (χ0n) is 10.2. The van der Waals surface area contributed by atoms with Crippen LogP contribution in [0.1, 0.15) is 25.8 Å². The van der Waals surface area contributed by atoms with Crippen molar-refractivity contribution in [1.82, 2.24) is 0 Å². The number of imide groups is 1. The molecule has 1 aliphatic heterocycles. The number of benzene rings is 1. The quantitative estimate of drug-likeness (QED) is 0.597. The van der Waals surface area contributed by atoms with Gasteiger partial charge in [0, 0.05) is 6.42 Å². The van der Waals surface area contributed by atoms with Gasteiger partial charge in [-0.3, -0.25) is 9.59 Å². The molecule has 1 fully saturated rings. The summed E-state index contributed by atoms with van der Waals surface area (Å²) in [6.45, 7) is 3.46. The van der Waals surface area contributed by atoms with Crippen LogP contribution in [0.2, 0.25) is 0 Å². The summed E-state index contributed by atoms with van der Waals surface area (Å²) in [5.41, 5.74) is 6.11. The Balaban J connectivity index is 2.48. The molecule has 1 aliphatic rings. The van der Waals surface area contributed by atoms with Crippen LogP contribution < -0.4 is 10.6 Å². The molecule has 2 rings (SSSR count). The lowest BCUT2D eigenvalue weighted by Crippen LogP contribution is -2.33. The summed E-state index contributed by atoms with van der Waals surface area (Å²) in [6, 6.07) is 6.49. The maximum absolute atomic E-state index is 12.1. The number of anilines is 2. The van der Waals surface area contributed by atoms with Gasteiger partial charge in [-0.15, -0.1) is 0 Å². The highest BCUT2D eigenvalue weighted by Crippen LogP contribution is 2.37. The minimum absolute atomic E-state index is 0.172. The van der Waals surface area contributed by atoms with Crippen LogP contribution >= 0.6 is 0 Å². The molecule has 0 bridgehead atoms. The molecular weight excluding hydrogens is 230 g/mol. The fourth-order valence-corrected chi connectivity index (χ4v) is 2.02. The molecule has 5 heteroatoms. The average Bonchev–Trinajstić information content (AvgIpc) is 2.49. The van der Waals surface area contributed by atoms with E-state index in [2.05, 4.69) is 0 Å². The predicted octanol–water partition coefficient (Wildman–Crippen LogP) is 1.43. The standard InChI is InChI=1S/C13H13N3O2/c1-13(2)6-11(17)16(12(13)18)10-4-3-8(7-14)5-9(10)15/h3-5H,6,15H2,1-2H3. The number of carbonyl (C=O) groups is 2. The van der Waals surface area contributed by atoms with Gasteiger partial charge in [0.05, 0.1) is 28.4 Å². The molecule has 18 heavy (non-hydrogen) atoms. The zero-order valence-corrected chi connectivity index (χ0v) is 10.2. The van der Waals surface area contributed by atoms with E-state index >= 15 is 0 Å². The fraction of sp³-hybridized carbons (Fsp3) is 0.308. The highest BCUT2D eigenvalue weighted by molar-refractivity contribution is 6.23. The third kappa shape index (κ3) is 1.72. The lowest BCUT2D eigenvalue weighted by Gasteiger charge is -2.19. The molecule has 0 spiro atoms. The van der Waals surface area contributed by atoms with E-state index in [0.29, 0.717) is 11.3 Å². The van der Waals surface area contributed by atoms with Gasteiger partial charge in [0.25, 0.3) is 0 Å². The highest BCUT2D eigenvalue weighted by Gasteiger charge is 2.45. The first-order valence-electron chi connectivity index (χ1n) is 5.54. The van der Waals surface area contributed by atoms with Crippen molar-refractivity contribution in [2.75, 3.05) is 10.6 Å². The summed E-state index contributed by atoms with van der Waals surface area (Å²) in [5.74, 6) is -0.523. The van der Waals surface area contributed by atoms with Gasteiger partial charge in [0.1, 0.15) is 0 Å². The highest BCUT2D eigenvalue weighted by atomic mass is 16.2. The van der Waals surface area contributed by atoms with Crippen molar-refractivity contribution in [1.29, 1.82) is 5.26 Å². The van der Waals surface area contributed by atoms with E-state index < -0.39 is 5.41 Å². The van der Waals surface area contributed by atoms with E-state index in [9.17, 15) is 9.59 Å². The van der Waals surface area contributed by atoms with Gasteiger partial charge in [0.2, 0.25) is 11.8 Å². The third-order valence-corrected chi connectivity index (χ3v) is 3.02. The van der Waals surface area contributed by atoms with Gasteiger partial charge in [0.15, 0.2) is 0 Å². The molecule has 5 nitrogen and oxygen atoms in total. The second kappa shape index (κ2) is 3.84. The Morgan fingerprint density at radius 1 is 1.39 bits per heavy atom. The summed E-state index contributed by atoms with van der Waals surface area (Å²) >= 11 is 0. The normalized spacial score (nSPS) is 17.9. The number of nitriles is 1. The van der Waals surface area contributed by atoms with E-state index in [1.54, 1.807) is 13.8 Å². The molecular formula is C13H13N3O2. The molecule has 1 aromatic rings. The minimum atomic E-state index is -0.697. The van der Waals surface area contributed by atoms with Crippen molar-refractivity contribution >= 4 is 23.2 Å². The molecule has 0 saturated carbocycles. The first kappa shape index (κ1) is 12.1. The summed E-state index contributed by atoms with van der Waals surface area (Å²) < 4.78 is 0. The Morgan fingerprint density at radius 3 is 2.50 bits per heavy atom. The van der Waals surface area contributed by atoms with E-state index in [1.165, 1.54) is 18.2 Å². The number of rotatable bonds is 1. The second-order valence-corrected chi connectivity index (χ2v) is 4.98. The SMILES string of the molecule is CC1(C)CC(=O)N(c2ccc(C#N)cc2N)C1=O. The van der Waals surface area contributed by atoms with E-state index in [1.807, 2.05) is 6.07 Å². The summed E-state index contributed by atoms with van der Waals surface area (Å²) in [7, 11) is 0. The van der Waals surface area contributed by atoms with Crippen LogP contribution in [0.15, 0.2) is 18.2 Å². The largest absolute Gasteiger partial charge is 0.397 e. The van der Waals surface area contributed by atoms with E-state index in [4.69, 9.17) is 11.0 Å². The maximum atomic E-state index is 12.1. The van der Waals surface area contributed by atoms with Gasteiger partial charge >= 0.3 is 0 Å². The van der Waals surface area contributed by atoms with Crippen molar-refractivity contribution in [3.63, 3.8) is 0 Å². The van der Waals surface area contributed by atoms with Gasteiger partial charge < -0.3 is 5.73 Å². The van der Waals surface area contributed by atoms with Gasteiger partial charge in [-0.2, -0.15) is 5.26 Å². The number of nitrogen functional groups attached to an aromatic ring is 1. The second-order valence-electron chi connectivity index (χ2n) is 4.98. The fourth-order valence-electron chi connectivity index (χ4n) is 2.02. The molecule has 0 unspecified atom stereocenters. The van der Waals surface area contributed by atoms with Crippen LogP contribution in [-0.4, -0.2) is 11.8 Å². The van der Waals surface area contributed by atoms with Crippen molar-refractivity contribution in [2.24, 2.45) is 5.41 Å². The molecule has 1 heterocycles. The Morgan fingerprint density at radius 2 is 2.06 bits per heavy atom. The first-order valence-corrected chi connectivity index (χ1v) is 5.54. The smallest absolute Gasteiger partial charge is 0.240 e. The van der Waals surface area contributed by atoms with E-state index in [-0.39, 0.29) is 23.9 Å². The molecule has 1 aromatic carbocycles. The molecule has 2 N–H and O–H groups in total. The molecule has 0 radical (unpaired) electrons. The Labute approximate surface area is 105 Å². The van der Waals surface area contributed by atoms with Gasteiger partial charge in [-0.1, -0.05) is 13.8 Å². The molecule has 0 aromatic heterocycles. The Bertz CT molecular complexity index is 584. The van der Waals surface area contributed by atoms with Gasteiger partial charge in [-0.05, 0) is 18.2 Å². The van der Waals surface area contributed by atoms with Crippen LogP contribution in [0.4, 0.5) is 11.4 Å².